The number of H-pyrrole nitrogens is 1. The number of aryl methyl sites for hydroxylation is 1. The number of aromatic amines is 1. The zero-order valence-corrected chi connectivity index (χ0v) is 12.2. The first-order valence-electron chi connectivity index (χ1n) is 6.26. The van der Waals surface area contributed by atoms with Crippen LogP contribution in [0.4, 0.5) is 0 Å². The van der Waals surface area contributed by atoms with Crippen molar-refractivity contribution >= 4 is 17.2 Å². The van der Waals surface area contributed by atoms with E-state index in [1.807, 2.05) is 18.4 Å². The predicted octanol–water partition coefficient (Wildman–Crippen LogP) is 2.14. The molecular formula is C13H18N4OS. The normalized spacial score (nSPS) is 11.5. The fourth-order valence-electron chi connectivity index (χ4n) is 1.69. The van der Waals surface area contributed by atoms with Crippen LogP contribution in [0.1, 0.15) is 42.1 Å². The maximum atomic E-state index is 11.9. The van der Waals surface area contributed by atoms with Crippen molar-refractivity contribution in [3.63, 3.8) is 0 Å². The van der Waals surface area contributed by atoms with Crippen LogP contribution in [0.5, 0.6) is 0 Å². The van der Waals surface area contributed by atoms with Gasteiger partial charge in [-0.25, -0.2) is 4.98 Å². The van der Waals surface area contributed by atoms with Gasteiger partial charge in [-0.05, 0) is 11.4 Å². The van der Waals surface area contributed by atoms with E-state index in [0.717, 1.165) is 12.2 Å². The molecule has 19 heavy (non-hydrogen) atoms. The quantitative estimate of drug-likeness (QED) is 0.880. The lowest BCUT2D eigenvalue weighted by molar-refractivity contribution is 0.0936. The number of nitrogens with zero attached hydrogens (tertiary/aromatic N) is 2. The molecule has 0 radical (unpaired) electrons. The second-order valence-corrected chi connectivity index (χ2v) is 5.95. The van der Waals surface area contributed by atoms with Crippen LogP contribution in [-0.4, -0.2) is 27.6 Å². The molecule has 0 aliphatic heterocycles. The third-order valence-corrected chi connectivity index (χ3v) is 4.18. The summed E-state index contributed by atoms with van der Waals surface area (Å²) in [4.78, 5) is 17.3. The van der Waals surface area contributed by atoms with Gasteiger partial charge >= 0.3 is 0 Å². The van der Waals surface area contributed by atoms with Gasteiger partial charge in [-0.2, -0.15) is 0 Å². The summed E-state index contributed by atoms with van der Waals surface area (Å²) in [6.45, 7) is 6.73. The smallest absolute Gasteiger partial charge is 0.290 e. The topological polar surface area (TPSA) is 70.7 Å². The Kier molecular flexibility index (Phi) is 3.99. The zero-order chi connectivity index (χ0) is 13.9. The molecule has 0 saturated heterocycles. The summed E-state index contributed by atoms with van der Waals surface area (Å²) < 4.78 is 0. The van der Waals surface area contributed by atoms with E-state index in [0.29, 0.717) is 6.54 Å². The lowest BCUT2D eigenvalue weighted by atomic mass is 9.91. The van der Waals surface area contributed by atoms with Crippen LogP contribution in [0, 0.1) is 0 Å². The summed E-state index contributed by atoms with van der Waals surface area (Å²) in [7, 11) is 0. The van der Waals surface area contributed by atoms with Crippen LogP contribution in [-0.2, 0) is 11.8 Å². The fraction of sp³-hybridized carbons (Fsp3) is 0.462. The molecule has 0 aromatic carbocycles. The van der Waals surface area contributed by atoms with Gasteiger partial charge in [0.2, 0.25) is 5.82 Å². The van der Waals surface area contributed by atoms with E-state index in [1.54, 1.807) is 11.3 Å². The zero-order valence-electron chi connectivity index (χ0n) is 11.4. The molecular weight excluding hydrogens is 260 g/mol. The van der Waals surface area contributed by atoms with Crippen LogP contribution in [0.15, 0.2) is 17.5 Å². The van der Waals surface area contributed by atoms with Gasteiger partial charge in [0, 0.05) is 23.3 Å². The van der Waals surface area contributed by atoms with Crippen molar-refractivity contribution in [3.05, 3.63) is 34.0 Å². The molecule has 0 aliphatic rings. The van der Waals surface area contributed by atoms with Gasteiger partial charge in [0.25, 0.3) is 5.91 Å². The Bertz CT molecular complexity index is 545. The van der Waals surface area contributed by atoms with E-state index in [-0.39, 0.29) is 17.1 Å². The van der Waals surface area contributed by atoms with Crippen LogP contribution in [0.2, 0.25) is 0 Å². The van der Waals surface area contributed by atoms with Crippen molar-refractivity contribution < 1.29 is 4.79 Å². The summed E-state index contributed by atoms with van der Waals surface area (Å²) in [5, 5.41) is 11.6. The maximum Gasteiger partial charge on any atom is 0.290 e. The molecule has 2 rings (SSSR count). The van der Waals surface area contributed by atoms with Gasteiger partial charge in [-0.15, -0.1) is 16.4 Å². The van der Waals surface area contributed by atoms with Crippen molar-refractivity contribution in [2.75, 3.05) is 6.54 Å². The summed E-state index contributed by atoms with van der Waals surface area (Å²) >= 11 is 1.70. The minimum Gasteiger partial charge on any atom is -0.348 e. The van der Waals surface area contributed by atoms with Gasteiger partial charge in [0.15, 0.2) is 0 Å². The number of hydrogen-bond acceptors (Lipinski definition) is 4. The molecule has 2 N–H and O–H groups in total. The average Bonchev–Trinajstić information content (AvgIpc) is 3.06. The van der Waals surface area contributed by atoms with E-state index < -0.39 is 0 Å². The van der Waals surface area contributed by atoms with Gasteiger partial charge in [-0.3, -0.25) is 9.89 Å². The fourth-order valence-corrected chi connectivity index (χ4v) is 2.54. The van der Waals surface area contributed by atoms with Gasteiger partial charge < -0.3 is 5.32 Å². The van der Waals surface area contributed by atoms with Gasteiger partial charge in [0.1, 0.15) is 5.82 Å². The number of hydrogen-bond donors (Lipinski definition) is 2. The standard InChI is InChI=1S/C13H18N4OS/c1-4-10-15-11(17-16-10)12(18)14-8-13(2,3)9-6-5-7-19-9/h5-7H,4,8H2,1-3H3,(H,14,18)(H,15,16,17). The van der Waals surface area contributed by atoms with Crippen LogP contribution in [0.3, 0.4) is 0 Å². The van der Waals surface area contributed by atoms with E-state index >= 15 is 0 Å². The van der Waals surface area contributed by atoms with Crippen molar-refractivity contribution in [3.8, 4) is 0 Å². The second kappa shape index (κ2) is 5.52. The minimum atomic E-state index is -0.236. The third kappa shape index (κ3) is 3.20. The lowest BCUT2D eigenvalue weighted by Gasteiger charge is -2.23. The molecule has 5 nitrogen and oxygen atoms in total. The van der Waals surface area contributed by atoms with Crippen LogP contribution < -0.4 is 5.32 Å². The van der Waals surface area contributed by atoms with E-state index in [2.05, 4.69) is 40.4 Å². The van der Waals surface area contributed by atoms with Crippen LogP contribution >= 0.6 is 11.3 Å². The van der Waals surface area contributed by atoms with Crippen molar-refractivity contribution in [2.45, 2.75) is 32.6 Å². The highest BCUT2D eigenvalue weighted by Gasteiger charge is 2.23. The Morgan fingerprint density at radius 1 is 1.53 bits per heavy atom. The Morgan fingerprint density at radius 2 is 2.32 bits per heavy atom. The monoisotopic (exact) mass is 278 g/mol. The molecule has 102 valence electrons. The van der Waals surface area contributed by atoms with Gasteiger partial charge in [-0.1, -0.05) is 26.8 Å². The molecule has 0 unspecified atom stereocenters. The summed E-state index contributed by atoms with van der Waals surface area (Å²) in [6, 6.07) is 4.10. The first-order valence-corrected chi connectivity index (χ1v) is 7.14. The highest BCUT2D eigenvalue weighted by Crippen LogP contribution is 2.26. The largest absolute Gasteiger partial charge is 0.348 e. The molecule has 1 amide bonds. The van der Waals surface area contributed by atoms with E-state index in [1.165, 1.54) is 4.88 Å². The molecule has 0 fully saturated rings. The molecule has 2 aromatic rings. The number of amides is 1. The summed E-state index contributed by atoms with van der Waals surface area (Å²) in [5.74, 6) is 0.696. The molecule has 0 spiro atoms. The highest BCUT2D eigenvalue weighted by atomic mass is 32.1. The molecule has 2 heterocycles. The van der Waals surface area contributed by atoms with Gasteiger partial charge in [0.05, 0.1) is 0 Å². The maximum absolute atomic E-state index is 11.9. The Balaban J connectivity index is 1.97. The Hall–Kier alpha value is -1.69. The molecule has 0 bridgehead atoms. The molecule has 6 heteroatoms. The number of thiophene rings is 1. The van der Waals surface area contributed by atoms with Crippen molar-refractivity contribution in [1.29, 1.82) is 0 Å². The number of nitrogens with one attached hydrogen (secondary N) is 2. The number of aromatic nitrogens is 3. The van der Waals surface area contributed by atoms with E-state index in [9.17, 15) is 4.79 Å². The average molecular weight is 278 g/mol. The molecule has 0 saturated carbocycles. The SMILES string of the molecule is CCc1nc(C(=O)NCC(C)(C)c2cccs2)n[nH]1. The lowest BCUT2D eigenvalue weighted by Crippen LogP contribution is -2.36. The molecule has 0 atom stereocenters. The number of rotatable bonds is 5. The molecule has 0 aliphatic carbocycles. The third-order valence-electron chi connectivity index (χ3n) is 2.95. The Morgan fingerprint density at radius 3 is 2.89 bits per heavy atom. The number of carbonyl (C=O) groups excluding carboxylic acids is 1. The summed E-state index contributed by atoms with van der Waals surface area (Å²) in [5.41, 5.74) is -0.0896. The second-order valence-electron chi connectivity index (χ2n) is 5.00. The minimum absolute atomic E-state index is 0.0896. The number of carbonyl (C=O) groups is 1. The Labute approximate surface area is 116 Å². The first kappa shape index (κ1) is 13.7. The first-order chi connectivity index (χ1) is 9.03. The molecule has 2 aromatic heterocycles. The van der Waals surface area contributed by atoms with E-state index in [4.69, 9.17) is 0 Å². The van der Waals surface area contributed by atoms with Crippen LogP contribution in [0.25, 0.3) is 0 Å². The highest BCUT2D eigenvalue weighted by molar-refractivity contribution is 7.10. The van der Waals surface area contributed by atoms with Crippen molar-refractivity contribution in [2.24, 2.45) is 0 Å². The van der Waals surface area contributed by atoms with Crippen molar-refractivity contribution in [1.82, 2.24) is 20.5 Å². The summed E-state index contributed by atoms with van der Waals surface area (Å²) in [6.07, 6.45) is 0.737. The predicted molar refractivity (Wildman–Crippen MR) is 75.4 cm³/mol.